The Kier molecular flexibility index (Phi) is 5.19. The largest absolute Gasteiger partial charge is 0.466 e. The third-order valence-corrected chi connectivity index (χ3v) is 3.27. The van der Waals surface area contributed by atoms with Crippen molar-refractivity contribution in [1.82, 2.24) is 9.88 Å². The molecular weight excluding hydrogens is 333 g/mol. The highest BCUT2D eigenvalue weighted by atomic mass is 35.5. The maximum absolute atomic E-state index is 13.3. The van der Waals surface area contributed by atoms with Crippen molar-refractivity contribution in [3.8, 4) is 5.88 Å². The number of nitro groups is 1. The van der Waals surface area contributed by atoms with E-state index in [1.807, 2.05) is 13.8 Å². The van der Waals surface area contributed by atoms with Crippen LogP contribution < -0.4 is 4.74 Å². The number of rotatable bonds is 5. The Morgan fingerprint density at radius 2 is 2.26 bits per heavy atom. The molecule has 1 amide bonds. The standard InChI is InChI=1S/C13H15ClFN3O5/c1-7(2)6-22-13(19)17-4-8(5-17)23-12-10(18(20)21)3-9(14)11(15)16-12/h3,7-8H,4-6H2,1-2H3. The monoisotopic (exact) mass is 347 g/mol. The van der Waals surface area contributed by atoms with Gasteiger partial charge in [0.1, 0.15) is 11.1 Å². The summed E-state index contributed by atoms with van der Waals surface area (Å²) < 4.78 is 23.7. The lowest BCUT2D eigenvalue weighted by Crippen LogP contribution is -2.56. The topological polar surface area (TPSA) is 94.8 Å². The van der Waals surface area contributed by atoms with Crippen molar-refractivity contribution in [1.29, 1.82) is 0 Å². The van der Waals surface area contributed by atoms with Crippen LogP contribution in [0.5, 0.6) is 5.88 Å². The van der Waals surface area contributed by atoms with E-state index in [1.165, 1.54) is 4.90 Å². The van der Waals surface area contributed by atoms with Crippen molar-refractivity contribution in [2.45, 2.75) is 20.0 Å². The van der Waals surface area contributed by atoms with Crippen LogP contribution in [0.25, 0.3) is 0 Å². The fraction of sp³-hybridized carbons (Fsp3) is 0.538. The van der Waals surface area contributed by atoms with Gasteiger partial charge in [0.2, 0.25) is 5.95 Å². The van der Waals surface area contributed by atoms with Crippen molar-refractivity contribution in [2.24, 2.45) is 5.92 Å². The second kappa shape index (κ2) is 6.95. The lowest BCUT2D eigenvalue weighted by molar-refractivity contribution is -0.386. The lowest BCUT2D eigenvalue weighted by atomic mass is 10.2. The summed E-state index contributed by atoms with van der Waals surface area (Å²) in [5.41, 5.74) is -0.530. The quantitative estimate of drug-likeness (QED) is 0.461. The van der Waals surface area contributed by atoms with Crippen LogP contribution >= 0.6 is 11.6 Å². The fourth-order valence-corrected chi connectivity index (χ4v) is 1.95. The Bertz CT molecular complexity index is 622. The first-order valence-electron chi connectivity index (χ1n) is 6.86. The molecule has 0 bridgehead atoms. The molecule has 0 radical (unpaired) electrons. The van der Waals surface area contributed by atoms with E-state index in [-0.39, 0.29) is 19.0 Å². The Hall–Kier alpha value is -2.16. The molecule has 0 saturated carbocycles. The SMILES string of the molecule is CC(C)COC(=O)N1CC(Oc2nc(F)c(Cl)cc2[N+](=O)[O-])C1. The predicted molar refractivity (Wildman–Crippen MR) is 78.0 cm³/mol. The number of aromatic nitrogens is 1. The van der Waals surface area contributed by atoms with E-state index in [0.29, 0.717) is 6.61 Å². The zero-order valence-electron chi connectivity index (χ0n) is 12.5. The minimum absolute atomic E-state index is 0.181. The van der Waals surface area contributed by atoms with Gasteiger partial charge in [0.05, 0.1) is 24.6 Å². The third kappa shape index (κ3) is 4.19. The van der Waals surface area contributed by atoms with E-state index in [1.54, 1.807) is 0 Å². The van der Waals surface area contributed by atoms with E-state index < -0.39 is 39.7 Å². The number of nitrogens with zero attached hydrogens (tertiary/aromatic N) is 3. The molecule has 1 aromatic heterocycles. The minimum atomic E-state index is -1.06. The van der Waals surface area contributed by atoms with Gasteiger partial charge in [-0.1, -0.05) is 25.4 Å². The average Bonchev–Trinajstić information content (AvgIpc) is 2.42. The summed E-state index contributed by atoms with van der Waals surface area (Å²) in [5, 5.41) is 10.5. The average molecular weight is 348 g/mol. The first-order valence-corrected chi connectivity index (χ1v) is 7.24. The Balaban J connectivity index is 1.94. The summed E-state index contributed by atoms with van der Waals surface area (Å²) in [6.45, 7) is 4.49. The molecule has 0 N–H and O–H groups in total. The molecule has 10 heteroatoms. The van der Waals surface area contributed by atoms with Gasteiger partial charge in [-0.15, -0.1) is 0 Å². The molecule has 126 valence electrons. The molecule has 0 atom stereocenters. The van der Waals surface area contributed by atoms with E-state index in [4.69, 9.17) is 21.1 Å². The summed E-state index contributed by atoms with van der Waals surface area (Å²) in [4.78, 5) is 26.5. The molecule has 1 fully saturated rings. The molecule has 0 spiro atoms. The van der Waals surface area contributed by atoms with Gasteiger partial charge < -0.3 is 14.4 Å². The molecule has 23 heavy (non-hydrogen) atoms. The Labute approximate surface area is 136 Å². The van der Waals surface area contributed by atoms with Crippen LogP contribution in [0.15, 0.2) is 6.07 Å². The lowest BCUT2D eigenvalue weighted by Gasteiger charge is -2.37. The van der Waals surface area contributed by atoms with Crippen LogP contribution in [0.3, 0.4) is 0 Å². The maximum atomic E-state index is 13.3. The molecule has 1 aromatic rings. The number of amides is 1. The van der Waals surface area contributed by atoms with E-state index >= 15 is 0 Å². The number of carbonyl (C=O) groups is 1. The van der Waals surface area contributed by atoms with Crippen LogP contribution in [0, 0.1) is 22.0 Å². The number of likely N-dealkylation sites (tertiary alicyclic amines) is 1. The molecule has 8 nitrogen and oxygen atoms in total. The van der Waals surface area contributed by atoms with Crippen molar-refractivity contribution in [2.75, 3.05) is 19.7 Å². The highest BCUT2D eigenvalue weighted by Crippen LogP contribution is 2.31. The fourth-order valence-electron chi connectivity index (χ4n) is 1.81. The van der Waals surface area contributed by atoms with Crippen molar-refractivity contribution < 1.29 is 23.6 Å². The Morgan fingerprint density at radius 1 is 1.61 bits per heavy atom. The first kappa shape index (κ1) is 17.2. The number of hydrogen-bond donors (Lipinski definition) is 0. The second-order valence-corrected chi connectivity index (χ2v) is 5.87. The molecule has 1 aliphatic heterocycles. The van der Waals surface area contributed by atoms with Gasteiger partial charge in [0.15, 0.2) is 0 Å². The number of hydrogen-bond acceptors (Lipinski definition) is 6. The van der Waals surface area contributed by atoms with E-state index in [9.17, 15) is 19.3 Å². The van der Waals surface area contributed by atoms with E-state index in [0.717, 1.165) is 6.07 Å². The highest BCUT2D eigenvalue weighted by molar-refractivity contribution is 6.30. The number of halogens is 2. The van der Waals surface area contributed by atoms with Crippen LogP contribution in [-0.4, -0.2) is 46.7 Å². The summed E-state index contributed by atoms with van der Waals surface area (Å²) in [6, 6.07) is 0.840. The maximum Gasteiger partial charge on any atom is 0.410 e. The van der Waals surface area contributed by atoms with Crippen LogP contribution in [0.4, 0.5) is 14.9 Å². The number of carbonyl (C=O) groups excluding carboxylic acids is 1. The smallest absolute Gasteiger partial charge is 0.410 e. The minimum Gasteiger partial charge on any atom is -0.466 e. The highest BCUT2D eigenvalue weighted by Gasteiger charge is 2.35. The molecule has 1 saturated heterocycles. The molecule has 2 heterocycles. The normalized spacial score (nSPS) is 14.6. The van der Waals surface area contributed by atoms with Gasteiger partial charge in [-0.25, -0.2) is 4.79 Å². The van der Waals surface area contributed by atoms with Crippen LogP contribution in [0.2, 0.25) is 5.02 Å². The summed E-state index contributed by atoms with van der Waals surface area (Å²) >= 11 is 5.47. The van der Waals surface area contributed by atoms with Gasteiger partial charge in [-0.05, 0) is 5.92 Å². The first-order chi connectivity index (χ1) is 10.8. The molecule has 2 rings (SSSR count). The van der Waals surface area contributed by atoms with Crippen molar-refractivity contribution >= 4 is 23.4 Å². The summed E-state index contributed by atoms with van der Waals surface area (Å²) in [6.07, 6.45) is -1.00. The number of ether oxygens (including phenoxy) is 2. The summed E-state index contributed by atoms with van der Waals surface area (Å²) in [7, 11) is 0. The van der Waals surface area contributed by atoms with Gasteiger partial charge in [0.25, 0.3) is 5.88 Å². The number of pyridine rings is 1. The zero-order valence-corrected chi connectivity index (χ0v) is 13.2. The molecule has 0 aliphatic carbocycles. The van der Waals surface area contributed by atoms with Gasteiger partial charge in [-0.2, -0.15) is 9.37 Å². The third-order valence-electron chi connectivity index (χ3n) is 3.00. The van der Waals surface area contributed by atoms with Gasteiger partial charge in [-0.3, -0.25) is 10.1 Å². The summed E-state index contributed by atoms with van der Waals surface area (Å²) in [5.74, 6) is -1.30. The van der Waals surface area contributed by atoms with Crippen molar-refractivity contribution in [3.05, 3.63) is 27.2 Å². The second-order valence-electron chi connectivity index (χ2n) is 5.46. The van der Waals surface area contributed by atoms with Crippen molar-refractivity contribution in [3.63, 3.8) is 0 Å². The van der Waals surface area contributed by atoms with E-state index in [2.05, 4.69) is 4.98 Å². The van der Waals surface area contributed by atoms with Crippen LogP contribution in [-0.2, 0) is 4.74 Å². The molecule has 1 aliphatic rings. The molecular formula is C13H15ClFN3O5. The van der Waals surface area contributed by atoms with Gasteiger partial charge >= 0.3 is 11.8 Å². The Morgan fingerprint density at radius 3 is 2.83 bits per heavy atom. The molecule has 0 aromatic carbocycles. The predicted octanol–water partition coefficient (Wildman–Crippen LogP) is 2.64. The molecule has 0 unspecified atom stereocenters. The zero-order chi connectivity index (χ0) is 17.1. The van der Waals surface area contributed by atoms with Crippen LogP contribution in [0.1, 0.15) is 13.8 Å². The van der Waals surface area contributed by atoms with Gasteiger partial charge in [0, 0.05) is 6.07 Å².